The van der Waals surface area contributed by atoms with Gasteiger partial charge in [0, 0.05) is 25.8 Å². The number of hydrogen-bond acceptors (Lipinski definition) is 3. The molecule has 0 radical (unpaired) electrons. The average Bonchev–Trinajstić information content (AvgIpc) is 3.16. The molecule has 0 saturated carbocycles. The quantitative estimate of drug-likeness (QED) is 0.311. The monoisotopic (exact) mass is 397 g/mol. The maximum atomic E-state index is 6.12. The minimum atomic E-state index is 0.682. The van der Waals surface area contributed by atoms with E-state index in [0.29, 0.717) is 10.8 Å². The average molecular weight is 399 g/mol. The fourth-order valence-corrected chi connectivity index (χ4v) is 3.52. The molecule has 0 saturated heterocycles. The van der Waals surface area contributed by atoms with Crippen LogP contribution in [0.5, 0.6) is 0 Å². The zero-order valence-corrected chi connectivity index (χ0v) is 14.6. The van der Waals surface area contributed by atoms with Crippen molar-refractivity contribution in [2.75, 3.05) is 0 Å². The predicted molar refractivity (Wildman–Crippen MR) is 99.4 cm³/mol. The fraction of sp³-hybridized carbons (Fsp3) is 0. The first-order valence-corrected chi connectivity index (χ1v) is 8.54. The highest BCUT2D eigenvalue weighted by atomic mass is 79.9. The summed E-state index contributed by atoms with van der Waals surface area (Å²) in [5, 5.41) is 7.84. The molecule has 0 amide bonds. The molecule has 0 atom stereocenters. The molecule has 3 aromatic carbocycles. The molecule has 2 aromatic heterocycles. The summed E-state index contributed by atoms with van der Waals surface area (Å²) in [6.45, 7) is 0. The highest BCUT2D eigenvalue weighted by Crippen LogP contribution is 2.39. The first-order valence-electron chi connectivity index (χ1n) is 7.37. The zero-order chi connectivity index (χ0) is 16.3. The van der Waals surface area contributed by atoms with E-state index in [2.05, 4.69) is 27.2 Å². The Bertz CT molecular complexity index is 1220. The van der Waals surface area contributed by atoms with Crippen molar-refractivity contribution >= 4 is 60.4 Å². The van der Waals surface area contributed by atoms with Gasteiger partial charge in [-0.1, -0.05) is 32.7 Å². The molecule has 0 spiro atoms. The van der Waals surface area contributed by atoms with E-state index in [1.54, 1.807) is 0 Å². The summed E-state index contributed by atoms with van der Waals surface area (Å²) in [5.41, 5.74) is 3.30. The van der Waals surface area contributed by atoms with Gasteiger partial charge in [0.2, 0.25) is 0 Å². The Morgan fingerprint density at radius 2 is 1.75 bits per heavy atom. The van der Waals surface area contributed by atoms with Crippen LogP contribution in [-0.4, -0.2) is 5.16 Å². The molecule has 0 bridgehead atoms. The lowest BCUT2D eigenvalue weighted by Crippen LogP contribution is -1.76. The molecule has 0 fully saturated rings. The molecule has 0 aliphatic rings. The molecular formula is C19H9BrClNO2. The van der Waals surface area contributed by atoms with Crippen LogP contribution in [0.25, 0.3) is 44.2 Å². The topological polar surface area (TPSA) is 39.2 Å². The minimum absolute atomic E-state index is 0.682. The van der Waals surface area contributed by atoms with Crippen LogP contribution in [0.4, 0.5) is 0 Å². The second kappa shape index (κ2) is 5.10. The van der Waals surface area contributed by atoms with Crippen LogP contribution < -0.4 is 0 Å². The van der Waals surface area contributed by atoms with Crippen molar-refractivity contribution in [3.63, 3.8) is 0 Å². The highest BCUT2D eigenvalue weighted by Gasteiger charge is 2.18. The van der Waals surface area contributed by atoms with Crippen LogP contribution in [0.15, 0.2) is 68.0 Å². The molecule has 0 aliphatic carbocycles. The maximum Gasteiger partial charge on any atom is 0.178 e. The SMILES string of the molecule is Clc1ccc(-c2onc3ccc4c5cc(Br)ccc5oc4c23)cc1. The molecule has 3 nitrogen and oxygen atoms in total. The fourth-order valence-electron chi connectivity index (χ4n) is 3.04. The molecule has 5 rings (SSSR count). The Kier molecular flexibility index (Phi) is 2.99. The van der Waals surface area contributed by atoms with Gasteiger partial charge in [-0.2, -0.15) is 0 Å². The summed E-state index contributed by atoms with van der Waals surface area (Å²) in [6, 6.07) is 17.5. The summed E-state index contributed by atoms with van der Waals surface area (Å²) in [4.78, 5) is 0. The number of halogens is 2. The Morgan fingerprint density at radius 3 is 2.58 bits per heavy atom. The standard InChI is InChI=1S/C19H9BrClNO2/c20-11-3-8-16-14(9-11)13-6-7-15-17(19(13)23-16)18(24-22-15)10-1-4-12(21)5-2-10/h1-9H. The van der Waals surface area contributed by atoms with Crippen LogP contribution in [0.2, 0.25) is 5.02 Å². The van der Waals surface area contributed by atoms with Gasteiger partial charge < -0.3 is 8.94 Å². The largest absolute Gasteiger partial charge is 0.455 e. The number of benzene rings is 3. The molecule has 116 valence electrons. The lowest BCUT2D eigenvalue weighted by molar-refractivity contribution is 0.441. The summed E-state index contributed by atoms with van der Waals surface area (Å²) >= 11 is 9.50. The van der Waals surface area contributed by atoms with Gasteiger partial charge in [0.05, 0.1) is 5.39 Å². The molecule has 0 aliphatic heterocycles. The molecular weight excluding hydrogens is 390 g/mol. The van der Waals surface area contributed by atoms with Gasteiger partial charge in [-0.15, -0.1) is 0 Å². The number of hydrogen-bond donors (Lipinski definition) is 0. The number of furan rings is 1. The Balaban J connectivity index is 1.91. The van der Waals surface area contributed by atoms with Gasteiger partial charge in [0.25, 0.3) is 0 Å². The Morgan fingerprint density at radius 1 is 0.917 bits per heavy atom. The van der Waals surface area contributed by atoms with E-state index in [1.165, 1.54) is 0 Å². The number of rotatable bonds is 1. The molecule has 5 heteroatoms. The minimum Gasteiger partial charge on any atom is -0.455 e. The van der Waals surface area contributed by atoms with E-state index in [0.717, 1.165) is 42.9 Å². The summed E-state index contributed by atoms with van der Waals surface area (Å²) < 4.78 is 12.7. The van der Waals surface area contributed by atoms with Crippen molar-refractivity contribution in [1.29, 1.82) is 0 Å². The second-order valence-electron chi connectivity index (χ2n) is 5.60. The Labute approximate surface area is 149 Å². The van der Waals surface area contributed by atoms with Crippen molar-refractivity contribution < 1.29 is 8.94 Å². The van der Waals surface area contributed by atoms with Gasteiger partial charge in [-0.05, 0) is 54.6 Å². The van der Waals surface area contributed by atoms with Crippen LogP contribution >= 0.6 is 27.5 Å². The van der Waals surface area contributed by atoms with Crippen LogP contribution in [0.1, 0.15) is 0 Å². The second-order valence-corrected chi connectivity index (χ2v) is 6.95. The highest BCUT2D eigenvalue weighted by molar-refractivity contribution is 9.10. The van der Waals surface area contributed by atoms with Crippen LogP contribution in [-0.2, 0) is 0 Å². The molecule has 5 aromatic rings. The molecule has 0 unspecified atom stereocenters. The van der Waals surface area contributed by atoms with E-state index in [1.807, 2.05) is 48.5 Å². The summed E-state index contributed by atoms with van der Waals surface area (Å²) in [6.07, 6.45) is 0. The van der Waals surface area contributed by atoms with E-state index < -0.39 is 0 Å². The van der Waals surface area contributed by atoms with Crippen LogP contribution in [0.3, 0.4) is 0 Å². The number of nitrogens with zero attached hydrogens (tertiary/aromatic N) is 1. The first-order chi connectivity index (χ1) is 11.7. The van der Waals surface area contributed by atoms with Crippen molar-refractivity contribution in [3.05, 3.63) is 64.1 Å². The zero-order valence-electron chi connectivity index (χ0n) is 12.2. The van der Waals surface area contributed by atoms with Crippen molar-refractivity contribution in [1.82, 2.24) is 5.16 Å². The van der Waals surface area contributed by atoms with Gasteiger partial charge in [0.1, 0.15) is 16.7 Å². The lowest BCUT2D eigenvalue weighted by Gasteiger charge is -1.97. The van der Waals surface area contributed by atoms with E-state index in [-0.39, 0.29) is 0 Å². The molecule has 2 heterocycles. The van der Waals surface area contributed by atoms with Gasteiger partial charge >= 0.3 is 0 Å². The molecule has 24 heavy (non-hydrogen) atoms. The van der Waals surface area contributed by atoms with Gasteiger partial charge in [-0.25, -0.2) is 0 Å². The third kappa shape index (κ3) is 2.00. The summed E-state index contributed by atoms with van der Waals surface area (Å²) in [7, 11) is 0. The Hall–Kier alpha value is -2.30. The first kappa shape index (κ1) is 14.1. The maximum absolute atomic E-state index is 6.12. The number of fused-ring (bicyclic) bond motifs is 5. The van der Waals surface area contributed by atoms with E-state index in [4.69, 9.17) is 20.5 Å². The predicted octanol–water partition coefficient (Wildman–Crippen LogP) is 6.81. The summed E-state index contributed by atoms with van der Waals surface area (Å²) in [5.74, 6) is 0.686. The van der Waals surface area contributed by atoms with E-state index >= 15 is 0 Å². The molecule has 0 N–H and O–H groups in total. The van der Waals surface area contributed by atoms with Crippen molar-refractivity contribution in [3.8, 4) is 11.3 Å². The van der Waals surface area contributed by atoms with Crippen LogP contribution in [0, 0.1) is 0 Å². The van der Waals surface area contributed by atoms with Crippen molar-refractivity contribution in [2.45, 2.75) is 0 Å². The smallest absolute Gasteiger partial charge is 0.178 e. The van der Waals surface area contributed by atoms with Gasteiger partial charge in [0.15, 0.2) is 5.76 Å². The lowest BCUT2D eigenvalue weighted by atomic mass is 10.1. The number of aromatic nitrogens is 1. The third-order valence-corrected chi connectivity index (χ3v) is 4.89. The third-order valence-electron chi connectivity index (χ3n) is 4.15. The van der Waals surface area contributed by atoms with Crippen molar-refractivity contribution in [2.24, 2.45) is 0 Å². The normalized spacial score (nSPS) is 11.8. The van der Waals surface area contributed by atoms with E-state index in [9.17, 15) is 0 Å². The van der Waals surface area contributed by atoms with Gasteiger partial charge in [-0.3, -0.25) is 0 Å².